The van der Waals surface area contributed by atoms with E-state index in [1.807, 2.05) is 12.1 Å². The highest BCUT2D eigenvalue weighted by molar-refractivity contribution is 9.10. The average molecular weight is 359 g/mol. The van der Waals surface area contributed by atoms with Crippen LogP contribution < -0.4 is 0 Å². The maximum absolute atomic E-state index is 10.8. The van der Waals surface area contributed by atoms with Crippen molar-refractivity contribution in [2.45, 2.75) is 10.8 Å². The molecule has 2 rings (SSSR count). The molecule has 1 aromatic carbocycles. The van der Waals surface area contributed by atoms with Gasteiger partial charge in [-0.25, -0.2) is 9.78 Å². The van der Waals surface area contributed by atoms with Crippen LogP contribution in [-0.4, -0.2) is 16.1 Å². The molecule has 0 aliphatic rings. The van der Waals surface area contributed by atoms with Gasteiger partial charge in [-0.1, -0.05) is 17.7 Å². The molecule has 6 heteroatoms. The topological polar surface area (TPSA) is 50.2 Å². The van der Waals surface area contributed by atoms with Crippen molar-refractivity contribution < 1.29 is 9.90 Å². The van der Waals surface area contributed by atoms with Crippen LogP contribution in [0.25, 0.3) is 0 Å². The van der Waals surface area contributed by atoms with Crippen LogP contribution >= 0.6 is 39.3 Å². The third-order valence-electron chi connectivity index (χ3n) is 2.38. The van der Waals surface area contributed by atoms with Gasteiger partial charge in [-0.05, 0) is 45.8 Å². The van der Waals surface area contributed by atoms with Gasteiger partial charge in [0.1, 0.15) is 0 Å². The molecule has 0 radical (unpaired) electrons. The summed E-state index contributed by atoms with van der Waals surface area (Å²) in [5, 5.41) is 10.2. The van der Waals surface area contributed by atoms with E-state index in [4.69, 9.17) is 16.7 Å². The summed E-state index contributed by atoms with van der Waals surface area (Å²) in [7, 11) is 0. The molecule has 0 bridgehead atoms. The minimum atomic E-state index is -0.976. The normalized spacial score (nSPS) is 10.4. The zero-order valence-electron chi connectivity index (χ0n) is 9.64. The molecule has 1 aromatic heterocycles. The van der Waals surface area contributed by atoms with Gasteiger partial charge >= 0.3 is 5.97 Å². The van der Waals surface area contributed by atoms with E-state index >= 15 is 0 Å². The number of halogens is 2. The van der Waals surface area contributed by atoms with Crippen LogP contribution in [0.4, 0.5) is 0 Å². The fourth-order valence-corrected chi connectivity index (χ4v) is 2.80. The molecular weight excluding hydrogens is 350 g/mol. The zero-order valence-corrected chi connectivity index (χ0v) is 12.8. The van der Waals surface area contributed by atoms with E-state index in [2.05, 4.69) is 20.9 Å². The molecule has 0 fully saturated rings. The van der Waals surface area contributed by atoms with E-state index in [0.29, 0.717) is 10.8 Å². The van der Waals surface area contributed by atoms with Gasteiger partial charge in [0.05, 0.1) is 10.6 Å². The van der Waals surface area contributed by atoms with Crippen molar-refractivity contribution in [2.24, 2.45) is 0 Å². The fraction of sp³-hybridized carbons (Fsp3) is 0.0769. The highest BCUT2D eigenvalue weighted by Gasteiger charge is 2.07. The Hall–Kier alpha value is -1.04. The van der Waals surface area contributed by atoms with E-state index in [-0.39, 0.29) is 5.56 Å². The Morgan fingerprint density at radius 1 is 1.37 bits per heavy atom. The number of thioether (sulfide) groups is 1. The van der Waals surface area contributed by atoms with Crippen LogP contribution in [0.3, 0.4) is 0 Å². The predicted molar refractivity (Wildman–Crippen MR) is 79.9 cm³/mol. The first kappa shape index (κ1) is 14.4. The molecule has 0 aliphatic heterocycles. The summed E-state index contributed by atoms with van der Waals surface area (Å²) >= 11 is 10.9. The van der Waals surface area contributed by atoms with Crippen molar-refractivity contribution >= 4 is 45.3 Å². The highest BCUT2D eigenvalue weighted by Crippen LogP contribution is 2.26. The van der Waals surface area contributed by atoms with Gasteiger partial charge in [0, 0.05) is 21.4 Å². The molecule has 19 heavy (non-hydrogen) atoms. The first-order valence-corrected chi connectivity index (χ1v) is 7.48. The Morgan fingerprint density at radius 3 is 2.74 bits per heavy atom. The van der Waals surface area contributed by atoms with Crippen molar-refractivity contribution in [1.82, 2.24) is 4.98 Å². The number of carbonyl (C=O) groups is 1. The maximum Gasteiger partial charge on any atom is 0.335 e. The standard InChI is InChI=1S/C13H9BrClNO2S/c14-10-3-4-12(16-6-10)19-7-9-2-1-8(13(17)18)5-11(9)15/h1-6H,7H2,(H,17,18). The number of aromatic nitrogens is 1. The largest absolute Gasteiger partial charge is 0.478 e. The van der Waals surface area contributed by atoms with Gasteiger partial charge < -0.3 is 5.11 Å². The molecule has 3 nitrogen and oxygen atoms in total. The molecule has 0 aliphatic carbocycles. The summed E-state index contributed by atoms with van der Waals surface area (Å²) in [6.07, 6.45) is 1.73. The number of carboxylic acids is 1. The van der Waals surface area contributed by atoms with Crippen LogP contribution in [0, 0.1) is 0 Å². The van der Waals surface area contributed by atoms with Crippen molar-refractivity contribution in [3.63, 3.8) is 0 Å². The van der Waals surface area contributed by atoms with E-state index in [1.54, 1.807) is 30.1 Å². The summed E-state index contributed by atoms with van der Waals surface area (Å²) in [4.78, 5) is 15.0. The van der Waals surface area contributed by atoms with Crippen LogP contribution in [0.2, 0.25) is 5.02 Å². The van der Waals surface area contributed by atoms with Crippen LogP contribution in [-0.2, 0) is 5.75 Å². The number of benzene rings is 1. The molecule has 1 heterocycles. The van der Waals surface area contributed by atoms with E-state index in [1.165, 1.54) is 6.07 Å². The fourth-order valence-electron chi connectivity index (χ4n) is 1.40. The molecule has 0 saturated carbocycles. The quantitative estimate of drug-likeness (QED) is 0.818. The van der Waals surface area contributed by atoms with Gasteiger partial charge in [0.15, 0.2) is 0 Å². The summed E-state index contributed by atoms with van der Waals surface area (Å²) < 4.78 is 0.931. The Morgan fingerprint density at radius 2 is 2.16 bits per heavy atom. The lowest BCUT2D eigenvalue weighted by Crippen LogP contribution is -1.96. The first-order valence-electron chi connectivity index (χ1n) is 5.32. The van der Waals surface area contributed by atoms with Gasteiger partial charge in [-0.2, -0.15) is 0 Å². The van der Waals surface area contributed by atoms with Crippen molar-refractivity contribution in [1.29, 1.82) is 0 Å². The molecule has 0 saturated heterocycles. The van der Waals surface area contributed by atoms with E-state index in [9.17, 15) is 4.79 Å². The van der Waals surface area contributed by atoms with Crippen molar-refractivity contribution in [3.8, 4) is 0 Å². The number of nitrogens with zero attached hydrogens (tertiary/aromatic N) is 1. The smallest absolute Gasteiger partial charge is 0.335 e. The summed E-state index contributed by atoms with van der Waals surface area (Å²) in [5.74, 6) is -0.330. The molecule has 0 amide bonds. The number of hydrogen-bond acceptors (Lipinski definition) is 3. The summed E-state index contributed by atoms with van der Waals surface area (Å²) in [6.45, 7) is 0. The number of rotatable bonds is 4. The molecular formula is C13H9BrClNO2S. The second kappa shape index (κ2) is 6.41. The Bertz CT molecular complexity index is 604. The zero-order chi connectivity index (χ0) is 13.8. The van der Waals surface area contributed by atoms with Gasteiger partial charge in [-0.3, -0.25) is 0 Å². The summed E-state index contributed by atoms with van der Waals surface area (Å²) in [6, 6.07) is 8.59. The molecule has 98 valence electrons. The Kier molecular flexibility index (Phi) is 4.85. The van der Waals surface area contributed by atoms with Crippen LogP contribution in [0.15, 0.2) is 46.0 Å². The highest BCUT2D eigenvalue weighted by atomic mass is 79.9. The molecule has 0 spiro atoms. The molecule has 0 unspecified atom stereocenters. The molecule has 0 atom stereocenters. The van der Waals surface area contributed by atoms with Gasteiger partial charge in [0.25, 0.3) is 0 Å². The summed E-state index contributed by atoms with van der Waals surface area (Å²) in [5.41, 5.74) is 1.09. The number of hydrogen-bond donors (Lipinski definition) is 1. The minimum absolute atomic E-state index is 0.195. The maximum atomic E-state index is 10.8. The van der Waals surface area contributed by atoms with Crippen molar-refractivity contribution in [2.75, 3.05) is 0 Å². The molecule has 1 N–H and O–H groups in total. The Balaban J connectivity index is 2.07. The predicted octanol–water partition coefficient (Wildman–Crippen LogP) is 4.49. The SMILES string of the molecule is O=C(O)c1ccc(CSc2ccc(Br)cn2)c(Cl)c1. The number of aromatic carboxylic acids is 1. The lowest BCUT2D eigenvalue weighted by Gasteiger charge is -2.05. The van der Waals surface area contributed by atoms with Gasteiger partial charge in [-0.15, -0.1) is 11.8 Å². The second-order valence-electron chi connectivity index (χ2n) is 3.71. The minimum Gasteiger partial charge on any atom is -0.478 e. The third-order valence-corrected chi connectivity index (χ3v) is 4.19. The monoisotopic (exact) mass is 357 g/mol. The Labute approximate surface area is 128 Å². The van der Waals surface area contributed by atoms with Gasteiger partial charge in [0.2, 0.25) is 0 Å². The van der Waals surface area contributed by atoms with E-state index in [0.717, 1.165) is 15.1 Å². The second-order valence-corrected chi connectivity index (χ2v) is 6.03. The van der Waals surface area contributed by atoms with Crippen LogP contribution in [0.1, 0.15) is 15.9 Å². The van der Waals surface area contributed by atoms with Crippen LogP contribution in [0.5, 0.6) is 0 Å². The molecule has 2 aromatic rings. The van der Waals surface area contributed by atoms with E-state index < -0.39 is 5.97 Å². The lowest BCUT2D eigenvalue weighted by molar-refractivity contribution is 0.0697. The first-order chi connectivity index (χ1) is 9.06. The average Bonchev–Trinajstić information content (AvgIpc) is 2.39. The third kappa shape index (κ3) is 3.96. The van der Waals surface area contributed by atoms with Crippen molar-refractivity contribution in [3.05, 3.63) is 57.2 Å². The number of carboxylic acid groups (broad SMARTS) is 1. The lowest BCUT2D eigenvalue weighted by atomic mass is 10.1. The number of pyridine rings is 1.